The molecule has 1 saturated heterocycles. The Morgan fingerprint density at radius 2 is 1.89 bits per heavy atom. The number of methoxy groups -OCH3 is 1. The van der Waals surface area contributed by atoms with E-state index in [1.165, 1.54) is 16.4 Å². The number of hydrogen-bond acceptors (Lipinski definition) is 5. The molecule has 0 atom stereocenters. The molecule has 0 unspecified atom stereocenters. The van der Waals surface area contributed by atoms with Crippen molar-refractivity contribution in [3.8, 4) is 5.75 Å². The lowest BCUT2D eigenvalue weighted by Gasteiger charge is -2.34. The largest absolute Gasteiger partial charge is 0.491 e. The van der Waals surface area contributed by atoms with Gasteiger partial charge in [0, 0.05) is 20.2 Å². The van der Waals surface area contributed by atoms with Gasteiger partial charge in [-0.15, -0.1) is 0 Å². The van der Waals surface area contributed by atoms with Gasteiger partial charge in [-0.25, -0.2) is 8.42 Å². The molecule has 1 heterocycles. The molecule has 106 valence electrons. The van der Waals surface area contributed by atoms with Crippen LogP contribution in [0.1, 0.15) is 0 Å². The second-order valence-corrected chi connectivity index (χ2v) is 6.23. The average molecular weight is 287 g/mol. The zero-order chi connectivity index (χ0) is 13.9. The molecule has 7 heteroatoms. The molecule has 1 fully saturated rings. The van der Waals surface area contributed by atoms with Crippen molar-refractivity contribution in [3.05, 3.63) is 24.3 Å². The summed E-state index contributed by atoms with van der Waals surface area (Å²) >= 11 is 0. The van der Waals surface area contributed by atoms with Crippen molar-refractivity contribution < 1.29 is 23.0 Å². The lowest BCUT2D eigenvalue weighted by atomic mass is 10.2. The van der Waals surface area contributed by atoms with E-state index in [0.29, 0.717) is 19.0 Å². The fourth-order valence-corrected chi connectivity index (χ4v) is 3.23. The number of benzene rings is 1. The van der Waals surface area contributed by atoms with Gasteiger partial charge in [0.1, 0.15) is 12.4 Å². The Morgan fingerprint density at radius 3 is 2.42 bits per heavy atom. The molecule has 6 nitrogen and oxygen atoms in total. The summed E-state index contributed by atoms with van der Waals surface area (Å²) in [4.78, 5) is 0.207. The van der Waals surface area contributed by atoms with Crippen LogP contribution in [0.4, 0.5) is 0 Å². The number of aliphatic hydroxyl groups excluding tert-OH is 1. The highest BCUT2D eigenvalue weighted by Gasteiger charge is 2.35. The van der Waals surface area contributed by atoms with E-state index in [1.807, 2.05) is 0 Å². The van der Waals surface area contributed by atoms with E-state index in [0.717, 1.165) is 0 Å². The van der Waals surface area contributed by atoms with Gasteiger partial charge in [0.2, 0.25) is 10.0 Å². The molecule has 19 heavy (non-hydrogen) atoms. The Bertz CT molecular complexity index is 507. The molecule has 0 bridgehead atoms. The predicted molar refractivity (Wildman–Crippen MR) is 68.6 cm³/mol. The highest BCUT2D eigenvalue weighted by molar-refractivity contribution is 7.89. The molecule has 1 aliphatic rings. The summed E-state index contributed by atoms with van der Waals surface area (Å²) in [5.74, 6) is 0.597. The maximum absolute atomic E-state index is 12.1. The van der Waals surface area contributed by atoms with E-state index in [1.54, 1.807) is 19.2 Å². The molecular weight excluding hydrogens is 270 g/mol. The van der Waals surface area contributed by atoms with Crippen LogP contribution in [0.3, 0.4) is 0 Å². The molecule has 1 aromatic rings. The minimum absolute atomic E-state index is 0.161. The summed E-state index contributed by atoms with van der Waals surface area (Å²) in [5, 5.41) is 9.16. The number of sulfonamides is 1. The number of ether oxygens (including phenoxy) is 2. The van der Waals surface area contributed by atoms with Crippen molar-refractivity contribution in [1.29, 1.82) is 0 Å². The standard InChI is InChI=1S/C12H17NO5S/c1-17-6-7-18-11-2-4-12(5-3-11)19(15,16)13-8-10(14)9-13/h2-5,10,14H,6-9H2,1H3. The van der Waals surface area contributed by atoms with Crippen molar-refractivity contribution >= 4 is 10.0 Å². The predicted octanol–water partition coefficient (Wildman–Crippen LogP) is 0.0770. The molecule has 0 radical (unpaired) electrons. The van der Waals surface area contributed by atoms with Crippen LogP contribution in [0.25, 0.3) is 0 Å². The Labute approximate surface area is 112 Å². The Balaban J connectivity index is 2.01. The maximum atomic E-state index is 12.1. The molecule has 0 saturated carbocycles. The monoisotopic (exact) mass is 287 g/mol. The molecule has 1 aromatic carbocycles. The summed E-state index contributed by atoms with van der Waals surface area (Å²) in [7, 11) is -1.90. The molecule has 0 amide bonds. The van der Waals surface area contributed by atoms with Crippen LogP contribution in [0.5, 0.6) is 5.75 Å². The SMILES string of the molecule is COCCOc1ccc(S(=O)(=O)N2CC(O)C2)cc1. The van der Waals surface area contributed by atoms with Gasteiger partial charge >= 0.3 is 0 Å². The van der Waals surface area contributed by atoms with Gasteiger partial charge in [-0.3, -0.25) is 0 Å². The first-order valence-electron chi connectivity index (χ1n) is 5.94. The normalized spacial score (nSPS) is 17.2. The van der Waals surface area contributed by atoms with Gasteiger partial charge in [0.15, 0.2) is 0 Å². The first-order valence-corrected chi connectivity index (χ1v) is 7.38. The van der Waals surface area contributed by atoms with Crippen LogP contribution in [-0.2, 0) is 14.8 Å². The van der Waals surface area contributed by atoms with E-state index >= 15 is 0 Å². The smallest absolute Gasteiger partial charge is 0.243 e. The third kappa shape index (κ3) is 3.24. The molecule has 0 aliphatic carbocycles. The van der Waals surface area contributed by atoms with Crippen molar-refractivity contribution in [2.24, 2.45) is 0 Å². The number of hydrogen-bond donors (Lipinski definition) is 1. The molecule has 1 aliphatic heterocycles. The lowest BCUT2D eigenvalue weighted by molar-refractivity contribution is 0.0548. The Kier molecular flexibility index (Phi) is 4.41. The summed E-state index contributed by atoms with van der Waals surface area (Å²) in [5.41, 5.74) is 0. The second kappa shape index (κ2) is 5.87. The van der Waals surface area contributed by atoms with E-state index in [2.05, 4.69) is 0 Å². The molecule has 1 N–H and O–H groups in total. The van der Waals surface area contributed by atoms with E-state index in [4.69, 9.17) is 14.6 Å². The fourth-order valence-electron chi connectivity index (χ4n) is 1.71. The Morgan fingerprint density at radius 1 is 1.26 bits per heavy atom. The fraction of sp³-hybridized carbons (Fsp3) is 0.500. The van der Waals surface area contributed by atoms with Gasteiger partial charge in [0.25, 0.3) is 0 Å². The van der Waals surface area contributed by atoms with E-state index in [9.17, 15) is 8.42 Å². The van der Waals surface area contributed by atoms with Gasteiger partial charge in [0.05, 0.1) is 17.6 Å². The number of β-amino-alcohol motifs (C(OH)–C–C–N with tert-alkyl or cyclic N) is 1. The highest BCUT2D eigenvalue weighted by atomic mass is 32.2. The molecule has 2 rings (SSSR count). The van der Waals surface area contributed by atoms with Crippen LogP contribution in [0, 0.1) is 0 Å². The first kappa shape index (κ1) is 14.3. The van der Waals surface area contributed by atoms with Gasteiger partial charge in [-0.1, -0.05) is 0 Å². The third-order valence-corrected chi connectivity index (χ3v) is 4.69. The average Bonchev–Trinajstić information content (AvgIpc) is 2.36. The van der Waals surface area contributed by atoms with Crippen LogP contribution in [-0.4, -0.2) is 57.3 Å². The second-order valence-electron chi connectivity index (χ2n) is 4.29. The van der Waals surface area contributed by atoms with Crippen molar-refractivity contribution in [2.45, 2.75) is 11.0 Å². The number of rotatable bonds is 6. The van der Waals surface area contributed by atoms with Gasteiger partial charge in [-0.05, 0) is 24.3 Å². The van der Waals surface area contributed by atoms with Gasteiger partial charge < -0.3 is 14.6 Å². The lowest BCUT2D eigenvalue weighted by Crippen LogP contribution is -2.53. The van der Waals surface area contributed by atoms with Crippen molar-refractivity contribution in [2.75, 3.05) is 33.4 Å². The zero-order valence-corrected chi connectivity index (χ0v) is 11.5. The first-order chi connectivity index (χ1) is 9.04. The van der Waals surface area contributed by atoms with Crippen LogP contribution in [0.15, 0.2) is 29.2 Å². The molecule has 0 aromatic heterocycles. The van der Waals surface area contributed by atoms with Crippen LogP contribution in [0.2, 0.25) is 0 Å². The van der Waals surface area contributed by atoms with Crippen LogP contribution >= 0.6 is 0 Å². The minimum Gasteiger partial charge on any atom is -0.491 e. The highest BCUT2D eigenvalue weighted by Crippen LogP contribution is 2.23. The van der Waals surface area contributed by atoms with Crippen molar-refractivity contribution in [1.82, 2.24) is 4.31 Å². The number of nitrogens with zero attached hydrogens (tertiary/aromatic N) is 1. The minimum atomic E-state index is -3.48. The van der Waals surface area contributed by atoms with E-state index in [-0.39, 0.29) is 18.0 Å². The topological polar surface area (TPSA) is 76.1 Å². The van der Waals surface area contributed by atoms with Gasteiger partial charge in [-0.2, -0.15) is 4.31 Å². The molecule has 0 spiro atoms. The van der Waals surface area contributed by atoms with Crippen molar-refractivity contribution in [3.63, 3.8) is 0 Å². The molecular formula is C12H17NO5S. The summed E-state index contributed by atoms with van der Waals surface area (Å²) in [6.45, 7) is 1.22. The Hall–Kier alpha value is -1.15. The summed E-state index contributed by atoms with van der Waals surface area (Å²) in [6.07, 6.45) is -0.550. The van der Waals surface area contributed by atoms with Crippen LogP contribution < -0.4 is 4.74 Å². The zero-order valence-electron chi connectivity index (χ0n) is 10.7. The summed E-state index contributed by atoms with van der Waals surface area (Å²) < 4.78 is 35.6. The summed E-state index contributed by atoms with van der Waals surface area (Å²) in [6, 6.07) is 6.22. The van der Waals surface area contributed by atoms with E-state index < -0.39 is 16.1 Å². The quantitative estimate of drug-likeness (QED) is 0.750. The third-order valence-electron chi connectivity index (χ3n) is 2.85. The number of aliphatic hydroxyl groups is 1. The maximum Gasteiger partial charge on any atom is 0.243 e.